The third-order valence-corrected chi connectivity index (χ3v) is 3.13. The van der Waals surface area contributed by atoms with Crippen LogP contribution in [0.25, 0.3) is 0 Å². The minimum Gasteiger partial charge on any atom is -0.472 e. The van der Waals surface area contributed by atoms with Gasteiger partial charge in [-0.2, -0.15) is 0 Å². The zero-order chi connectivity index (χ0) is 11.0. The van der Waals surface area contributed by atoms with Crippen molar-refractivity contribution in [1.29, 1.82) is 0 Å². The molecule has 0 bridgehead atoms. The highest BCUT2D eigenvalue weighted by Crippen LogP contribution is 2.42. The second kappa shape index (κ2) is 3.91. The second-order valence-electron chi connectivity index (χ2n) is 3.11. The van der Waals surface area contributed by atoms with Gasteiger partial charge < -0.3 is 9.47 Å². The van der Waals surface area contributed by atoms with E-state index in [1.807, 2.05) is 0 Å². The molecule has 1 aliphatic rings. The van der Waals surface area contributed by atoms with Crippen molar-refractivity contribution in [2.45, 2.75) is 10.9 Å². The summed E-state index contributed by atoms with van der Waals surface area (Å²) in [4.78, 5) is 11.3. The van der Waals surface area contributed by atoms with E-state index < -0.39 is 16.9 Å². The number of alkyl halides is 2. The van der Waals surface area contributed by atoms with Crippen LogP contribution < -0.4 is 4.74 Å². The first-order valence-electron chi connectivity index (χ1n) is 4.30. The molecule has 80 valence electrons. The molecule has 3 nitrogen and oxygen atoms in total. The van der Waals surface area contributed by atoms with Gasteiger partial charge in [0.25, 0.3) is 0 Å². The zero-order valence-corrected chi connectivity index (χ0v) is 9.38. The van der Waals surface area contributed by atoms with Crippen LogP contribution in [-0.2, 0) is 4.74 Å². The Kier molecular flexibility index (Phi) is 2.76. The summed E-state index contributed by atoms with van der Waals surface area (Å²) in [6, 6.07) is 4.92. The van der Waals surface area contributed by atoms with Gasteiger partial charge in [0.05, 0.1) is 12.7 Å². The molecule has 1 aliphatic heterocycles. The second-order valence-corrected chi connectivity index (χ2v) is 4.02. The SMILES string of the molecule is COC(=O)c1ccc2c(c1)C(Cl)C(Cl)O2. The molecular weight excluding hydrogens is 239 g/mol. The number of benzene rings is 1. The fourth-order valence-corrected chi connectivity index (χ4v) is 1.89. The van der Waals surface area contributed by atoms with Gasteiger partial charge in [-0.3, -0.25) is 0 Å². The van der Waals surface area contributed by atoms with Crippen LogP contribution in [0.2, 0.25) is 0 Å². The number of ether oxygens (including phenoxy) is 2. The minimum atomic E-state index is -0.588. The van der Waals surface area contributed by atoms with Gasteiger partial charge >= 0.3 is 5.97 Å². The fraction of sp³-hybridized carbons (Fsp3) is 0.300. The van der Waals surface area contributed by atoms with E-state index in [0.717, 1.165) is 5.56 Å². The van der Waals surface area contributed by atoms with Crippen LogP contribution in [0, 0.1) is 0 Å². The molecule has 0 fully saturated rings. The topological polar surface area (TPSA) is 35.5 Å². The molecule has 0 saturated carbocycles. The first-order chi connectivity index (χ1) is 7.13. The summed E-state index contributed by atoms with van der Waals surface area (Å²) in [5.74, 6) is 0.211. The first kappa shape index (κ1) is 10.6. The Morgan fingerprint density at radius 3 is 2.87 bits per heavy atom. The van der Waals surface area contributed by atoms with Crippen LogP contribution in [-0.4, -0.2) is 18.6 Å². The number of methoxy groups -OCH3 is 1. The van der Waals surface area contributed by atoms with Gasteiger partial charge in [-0.05, 0) is 18.2 Å². The predicted molar refractivity (Wildman–Crippen MR) is 56.6 cm³/mol. The van der Waals surface area contributed by atoms with Crippen LogP contribution in [0.4, 0.5) is 0 Å². The van der Waals surface area contributed by atoms with Crippen molar-refractivity contribution >= 4 is 29.2 Å². The van der Waals surface area contributed by atoms with Gasteiger partial charge in [0.2, 0.25) is 0 Å². The molecule has 0 spiro atoms. The van der Waals surface area contributed by atoms with Crippen LogP contribution in [0.3, 0.4) is 0 Å². The molecule has 0 aliphatic carbocycles. The van der Waals surface area contributed by atoms with Crippen molar-refractivity contribution in [3.8, 4) is 5.75 Å². The van der Waals surface area contributed by atoms with Crippen molar-refractivity contribution in [3.63, 3.8) is 0 Å². The molecule has 5 heteroatoms. The molecule has 1 heterocycles. The van der Waals surface area contributed by atoms with Crippen LogP contribution in [0.15, 0.2) is 18.2 Å². The molecule has 0 aromatic heterocycles. The summed E-state index contributed by atoms with van der Waals surface area (Å²) in [5, 5.41) is -0.439. The fourth-order valence-electron chi connectivity index (χ4n) is 1.44. The zero-order valence-electron chi connectivity index (χ0n) is 7.87. The average Bonchev–Trinajstić information content (AvgIpc) is 2.54. The third kappa shape index (κ3) is 1.77. The van der Waals surface area contributed by atoms with Crippen LogP contribution in [0.5, 0.6) is 5.75 Å². The summed E-state index contributed by atoms with van der Waals surface area (Å²) in [6.45, 7) is 0. The van der Waals surface area contributed by atoms with E-state index in [-0.39, 0.29) is 0 Å². The molecule has 2 unspecified atom stereocenters. The minimum absolute atomic E-state index is 0.403. The Hall–Kier alpha value is -0.930. The number of halogens is 2. The normalized spacial score (nSPS) is 23.1. The molecular formula is C10H8Cl2O3. The van der Waals surface area contributed by atoms with E-state index >= 15 is 0 Å². The van der Waals surface area contributed by atoms with E-state index in [2.05, 4.69) is 4.74 Å². The van der Waals surface area contributed by atoms with Crippen molar-refractivity contribution in [2.24, 2.45) is 0 Å². The Morgan fingerprint density at radius 2 is 2.20 bits per heavy atom. The number of rotatable bonds is 1. The van der Waals surface area contributed by atoms with E-state index in [4.69, 9.17) is 27.9 Å². The quantitative estimate of drug-likeness (QED) is 0.565. The number of hydrogen-bond donors (Lipinski definition) is 0. The van der Waals surface area contributed by atoms with E-state index in [0.29, 0.717) is 11.3 Å². The Balaban J connectivity index is 2.39. The van der Waals surface area contributed by atoms with Gasteiger partial charge in [-0.25, -0.2) is 4.79 Å². The summed E-state index contributed by atoms with van der Waals surface area (Å²) >= 11 is 11.8. The van der Waals surface area contributed by atoms with E-state index in [1.54, 1.807) is 18.2 Å². The lowest BCUT2D eigenvalue weighted by atomic mass is 10.1. The lowest BCUT2D eigenvalue weighted by Crippen LogP contribution is -2.05. The molecule has 0 N–H and O–H groups in total. The highest BCUT2D eigenvalue weighted by atomic mass is 35.5. The summed E-state index contributed by atoms with van der Waals surface area (Å²) < 4.78 is 9.87. The highest BCUT2D eigenvalue weighted by Gasteiger charge is 2.31. The highest BCUT2D eigenvalue weighted by molar-refractivity contribution is 6.30. The van der Waals surface area contributed by atoms with Gasteiger partial charge in [-0.1, -0.05) is 11.6 Å². The number of fused-ring (bicyclic) bond motifs is 1. The molecule has 0 saturated heterocycles. The van der Waals surface area contributed by atoms with Crippen molar-refractivity contribution < 1.29 is 14.3 Å². The molecule has 0 amide bonds. The predicted octanol–water partition coefficient (Wildman–Crippen LogP) is 2.71. The average molecular weight is 247 g/mol. The standard InChI is InChI=1S/C10H8Cl2O3/c1-14-10(13)5-2-3-7-6(4-5)8(11)9(12)15-7/h2-4,8-9H,1H3. The molecule has 2 rings (SSSR count). The largest absolute Gasteiger partial charge is 0.472 e. The van der Waals surface area contributed by atoms with E-state index in [1.165, 1.54) is 7.11 Å². The van der Waals surface area contributed by atoms with Crippen molar-refractivity contribution in [1.82, 2.24) is 0 Å². The Morgan fingerprint density at radius 1 is 1.47 bits per heavy atom. The number of hydrogen-bond acceptors (Lipinski definition) is 3. The lowest BCUT2D eigenvalue weighted by molar-refractivity contribution is 0.0600. The van der Waals surface area contributed by atoms with Crippen molar-refractivity contribution in [3.05, 3.63) is 29.3 Å². The Bertz CT molecular complexity index is 406. The number of esters is 1. The first-order valence-corrected chi connectivity index (χ1v) is 5.18. The molecule has 0 radical (unpaired) electrons. The maximum absolute atomic E-state index is 11.3. The van der Waals surface area contributed by atoms with Gasteiger partial charge in [0.1, 0.15) is 11.1 Å². The number of carbonyl (C=O) groups is 1. The van der Waals surface area contributed by atoms with Gasteiger partial charge in [-0.15, -0.1) is 11.6 Å². The van der Waals surface area contributed by atoms with Crippen LogP contribution in [0.1, 0.15) is 21.3 Å². The molecule has 1 aromatic carbocycles. The number of carbonyl (C=O) groups excluding carboxylic acids is 1. The smallest absolute Gasteiger partial charge is 0.337 e. The maximum Gasteiger partial charge on any atom is 0.337 e. The van der Waals surface area contributed by atoms with Gasteiger partial charge in [0, 0.05) is 5.56 Å². The van der Waals surface area contributed by atoms with Crippen molar-refractivity contribution in [2.75, 3.05) is 7.11 Å². The molecule has 2 atom stereocenters. The maximum atomic E-state index is 11.3. The molecule has 15 heavy (non-hydrogen) atoms. The Labute approximate surface area is 96.9 Å². The summed E-state index contributed by atoms with van der Waals surface area (Å²) in [7, 11) is 1.33. The van der Waals surface area contributed by atoms with E-state index in [9.17, 15) is 4.79 Å². The summed E-state index contributed by atoms with van der Waals surface area (Å²) in [5.41, 5.74) is 0.574. The lowest BCUT2D eigenvalue weighted by Gasteiger charge is -2.03. The van der Waals surface area contributed by atoms with Gasteiger partial charge in [0.15, 0.2) is 5.56 Å². The summed E-state index contributed by atoms with van der Waals surface area (Å²) in [6.07, 6.45) is 0. The molecule has 1 aromatic rings. The van der Waals surface area contributed by atoms with Crippen LogP contribution >= 0.6 is 23.2 Å². The third-order valence-electron chi connectivity index (χ3n) is 2.20. The monoisotopic (exact) mass is 246 g/mol.